The van der Waals surface area contributed by atoms with Gasteiger partial charge in [0, 0.05) is 24.5 Å². The number of nitrogens with one attached hydrogen (secondary N) is 1. The van der Waals surface area contributed by atoms with Gasteiger partial charge in [0.25, 0.3) is 0 Å². The lowest BCUT2D eigenvalue weighted by Crippen LogP contribution is -2.16. The summed E-state index contributed by atoms with van der Waals surface area (Å²) < 4.78 is 11.0. The van der Waals surface area contributed by atoms with Crippen molar-refractivity contribution in [3.63, 3.8) is 0 Å². The average molecular weight is 347 g/mol. The third-order valence-electron chi connectivity index (χ3n) is 4.01. The van der Waals surface area contributed by atoms with Gasteiger partial charge in [0.05, 0.1) is 5.56 Å². The molecule has 1 aliphatic rings. The van der Waals surface area contributed by atoms with Gasteiger partial charge in [0.1, 0.15) is 13.2 Å². The fourth-order valence-electron chi connectivity index (χ4n) is 2.66. The molecule has 2 heterocycles. The van der Waals surface area contributed by atoms with Crippen molar-refractivity contribution in [2.24, 2.45) is 0 Å². The maximum Gasteiger partial charge on any atom is 0.222 e. The van der Waals surface area contributed by atoms with Crippen LogP contribution in [0.4, 0.5) is 5.95 Å². The van der Waals surface area contributed by atoms with Crippen molar-refractivity contribution in [1.82, 2.24) is 9.97 Å². The zero-order valence-corrected chi connectivity index (χ0v) is 14.0. The molecule has 0 fully saturated rings. The van der Waals surface area contributed by atoms with Crippen molar-refractivity contribution in [3.05, 3.63) is 77.6 Å². The first kappa shape index (κ1) is 16.1. The van der Waals surface area contributed by atoms with Crippen molar-refractivity contribution in [1.29, 1.82) is 0 Å². The first-order valence-electron chi connectivity index (χ1n) is 8.34. The number of carbonyl (C=O) groups excluding carboxylic acids is 1. The molecule has 1 aromatic heterocycles. The van der Waals surface area contributed by atoms with Crippen LogP contribution in [0.25, 0.3) is 0 Å². The molecule has 6 heteroatoms. The molecular weight excluding hydrogens is 330 g/mol. The fourth-order valence-corrected chi connectivity index (χ4v) is 2.66. The van der Waals surface area contributed by atoms with Crippen LogP contribution in [0.5, 0.6) is 11.5 Å². The molecule has 1 aliphatic heterocycles. The second-order valence-corrected chi connectivity index (χ2v) is 5.82. The Morgan fingerprint density at radius 3 is 2.42 bits per heavy atom. The van der Waals surface area contributed by atoms with Gasteiger partial charge in [-0.15, -0.1) is 0 Å². The zero-order valence-electron chi connectivity index (χ0n) is 14.0. The minimum absolute atomic E-state index is 0.156. The molecule has 0 amide bonds. The van der Waals surface area contributed by atoms with E-state index in [0.29, 0.717) is 48.3 Å². The Morgan fingerprint density at radius 1 is 0.923 bits per heavy atom. The van der Waals surface area contributed by atoms with Crippen LogP contribution < -0.4 is 14.8 Å². The Balaban J connectivity index is 1.45. The van der Waals surface area contributed by atoms with Crippen molar-refractivity contribution in [2.45, 2.75) is 6.54 Å². The summed E-state index contributed by atoms with van der Waals surface area (Å²) in [5, 5.41) is 3.14. The highest BCUT2D eigenvalue weighted by Gasteiger charge is 2.16. The van der Waals surface area contributed by atoms with Gasteiger partial charge in [-0.05, 0) is 23.8 Å². The van der Waals surface area contributed by atoms with Crippen molar-refractivity contribution >= 4 is 11.7 Å². The summed E-state index contributed by atoms with van der Waals surface area (Å²) in [4.78, 5) is 21.1. The predicted molar refractivity (Wildman–Crippen MR) is 96.7 cm³/mol. The Kier molecular flexibility index (Phi) is 4.47. The molecule has 0 spiro atoms. The number of ether oxygens (including phenoxy) is 2. The smallest absolute Gasteiger partial charge is 0.222 e. The summed E-state index contributed by atoms with van der Waals surface area (Å²) >= 11 is 0. The molecule has 130 valence electrons. The van der Waals surface area contributed by atoms with E-state index in [-0.39, 0.29) is 5.78 Å². The number of rotatable bonds is 5. The topological polar surface area (TPSA) is 73.3 Å². The van der Waals surface area contributed by atoms with Gasteiger partial charge < -0.3 is 14.8 Å². The van der Waals surface area contributed by atoms with E-state index in [1.807, 2.05) is 30.3 Å². The molecular formula is C20H17N3O3. The average Bonchev–Trinajstić information content (AvgIpc) is 2.72. The van der Waals surface area contributed by atoms with Gasteiger partial charge in [-0.1, -0.05) is 30.3 Å². The van der Waals surface area contributed by atoms with E-state index in [0.717, 1.165) is 5.56 Å². The van der Waals surface area contributed by atoms with Crippen LogP contribution in [-0.2, 0) is 6.54 Å². The van der Waals surface area contributed by atoms with E-state index >= 15 is 0 Å². The number of carbonyl (C=O) groups is 1. The number of anilines is 1. The maximum atomic E-state index is 12.6. The number of fused-ring (bicyclic) bond motifs is 1. The first-order valence-corrected chi connectivity index (χ1v) is 8.34. The van der Waals surface area contributed by atoms with Gasteiger partial charge in [-0.25, -0.2) is 9.97 Å². The number of hydrogen-bond acceptors (Lipinski definition) is 6. The van der Waals surface area contributed by atoms with Gasteiger partial charge in [0.15, 0.2) is 17.3 Å². The van der Waals surface area contributed by atoms with Crippen molar-refractivity contribution < 1.29 is 14.3 Å². The normalized spacial score (nSPS) is 12.5. The van der Waals surface area contributed by atoms with Crippen molar-refractivity contribution in [2.75, 3.05) is 18.5 Å². The molecule has 1 N–H and O–H groups in total. The quantitative estimate of drug-likeness (QED) is 0.715. The number of ketones is 1. The highest BCUT2D eigenvalue weighted by atomic mass is 16.6. The molecule has 26 heavy (non-hydrogen) atoms. The van der Waals surface area contributed by atoms with E-state index in [4.69, 9.17) is 9.47 Å². The van der Waals surface area contributed by atoms with Crippen molar-refractivity contribution in [3.8, 4) is 11.5 Å². The van der Waals surface area contributed by atoms with Gasteiger partial charge >= 0.3 is 0 Å². The second kappa shape index (κ2) is 7.23. The summed E-state index contributed by atoms with van der Waals surface area (Å²) in [6, 6.07) is 15.1. The molecule has 0 atom stereocenters. The number of aromatic nitrogens is 2. The molecule has 0 saturated carbocycles. The van der Waals surface area contributed by atoms with Gasteiger partial charge in [-0.3, -0.25) is 4.79 Å². The molecule has 4 rings (SSSR count). The van der Waals surface area contributed by atoms with Crippen LogP contribution in [0.15, 0.2) is 60.9 Å². The minimum Gasteiger partial charge on any atom is -0.486 e. The summed E-state index contributed by atoms with van der Waals surface area (Å²) in [6.07, 6.45) is 3.05. The lowest BCUT2D eigenvalue weighted by atomic mass is 10.1. The minimum atomic E-state index is -0.156. The van der Waals surface area contributed by atoms with E-state index < -0.39 is 0 Å². The first-order chi connectivity index (χ1) is 12.8. The van der Waals surface area contributed by atoms with Crippen LogP contribution in [0.1, 0.15) is 21.5 Å². The molecule has 0 bridgehead atoms. The van der Waals surface area contributed by atoms with E-state index in [1.54, 1.807) is 18.2 Å². The third-order valence-corrected chi connectivity index (χ3v) is 4.01. The number of hydrogen-bond donors (Lipinski definition) is 1. The SMILES string of the molecule is O=C(c1cnc(NCc2ccccc2)nc1)c1ccc2c(c1)OCCO2. The molecule has 0 unspecified atom stereocenters. The fraction of sp³-hybridized carbons (Fsp3) is 0.150. The maximum absolute atomic E-state index is 12.6. The monoisotopic (exact) mass is 347 g/mol. The van der Waals surface area contributed by atoms with E-state index in [9.17, 15) is 4.79 Å². The molecule has 3 aromatic rings. The molecule has 0 radical (unpaired) electrons. The largest absolute Gasteiger partial charge is 0.486 e. The molecule has 0 aliphatic carbocycles. The molecule has 0 saturated heterocycles. The second-order valence-electron chi connectivity index (χ2n) is 5.82. The Labute approximate surface area is 150 Å². The Bertz CT molecular complexity index is 911. The van der Waals surface area contributed by atoms with Crippen LogP contribution >= 0.6 is 0 Å². The number of nitrogens with zero attached hydrogens (tertiary/aromatic N) is 2. The lowest BCUT2D eigenvalue weighted by molar-refractivity contribution is 0.103. The summed E-state index contributed by atoms with van der Waals surface area (Å²) in [5.74, 6) is 1.57. The zero-order chi connectivity index (χ0) is 17.8. The van der Waals surface area contributed by atoms with E-state index in [1.165, 1.54) is 12.4 Å². The van der Waals surface area contributed by atoms with Crippen LogP contribution in [0, 0.1) is 0 Å². The highest BCUT2D eigenvalue weighted by Crippen LogP contribution is 2.31. The highest BCUT2D eigenvalue weighted by molar-refractivity contribution is 6.09. The Morgan fingerprint density at radius 2 is 1.65 bits per heavy atom. The lowest BCUT2D eigenvalue weighted by Gasteiger charge is -2.18. The van der Waals surface area contributed by atoms with Gasteiger partial charge in [0.2, 0.25) is 5.95 Å². The summed E-state index contributed by atoms with van der Waals surface area (Å²) in [6.45, 7) is 1.62. The standard InChI is InChI=1S/C20H17N3O3/c24-19(15-6-7-17-18(10-15)26-9-8-25-17)16-12-22-20(23-13-16)21-11-14-4-2-1-3-5-14/h1-7,10,12-13H,8-9,11H2,(H,21,22,23). The summed E-state index contributed by atoms with van der Waals surface area (Å²) in [7, 11) is 0. The molecule has 6 nitrogen and oxygen atoms in total. The predicted octanol–water partition coefficient (Wildman–Crippen LogP) is 3.09. The van der Waals surface area contributed by atoms with Crippen LogP contribution in [0.3, 0.4) is 0 Å². The van der Waals surface area contributed by atoms with Crippen LogP contribution in [-0.4, -0.2) is 29.0 Å². The van der Waals surface area contributed by atoms with Gasteiger partial charge in [-0.2, -0.15) is 0 Å². The Hall–Kier alpha value is -3.41. The van der Waals surface area contributed by atoms with Crippen LogP contribution in [0.2, 0.25) is 0 Å². The summed E-state index contributed by atoms with van der Waals surface area (Å²) in [5.41, 5.74) is 2.07. The molecule has 2 aromatic carbocycles. The third kappa shape index (κ3) is 3.49. The number of benzene rings is 2. The van der Waals surface area contributed by atoms with E-state index in [2.05, 4.69) is 15.3 Å².